The average Bonchev–Trinajstić information content (AvgIpc) is 3.13. The monoisotopic (exact) mass is 367 g/mol. The molecule has 1 aromatic carbocycles. The summed E-state index contributed by atoms with van der Waals surface area (Å²) in [6.07, 6.45) is -1.03. The Morgan fingerprint density at radius 3 is 2.52 bits per heavy atom. The van der Waals surface area contributed by atoms with Crippen molar-refractivity contribution in [2.24, 2.45) is 11.8 Å². The van der Waals surface area contributed by atoms with Crippen molar-refractivity contribution in [2.45, 2.75) is 12.1 Å². The molecule has 2 amide bonds. The molecule has 27 heavy (non-hydrogen) atoms. The highest BCUT2D eigenvalue weighted by molar-refractivity contribution is 5.99. The number of aliphatic hydroxyl groups is 1. The molecule has 1 saturated heterocycles. The smallest absolute Gasteiger partial charge is 0.269 e. The molecule has 0 bridgehead atoms. The Morgan fingerprint density at radius 2 is 1.85 bits per heavy atom. The summed E-state index contributed by atoms with van der Waals surface area (Å²) in [4.78, 5) is 29.1. The largest absolute Gasteiger partial charge is 0.382 e. The number of amides is 2. The number of aliphatic hydroxyl groups excluding tert-OH is 1. The van der Waals surface area contributed by atoms with Crippen molar-refractivity contribution < 1.29 is 19.4 Å². The highest BCUT2D eigenvalue weighted by atomic mass is 16.5. The lowest BCUT2D eigenvalue weighted by Gasteiger charge is -2.14. The highest BCUT2D eigenvalue weighted by Crippen LogP contribution is 2.44. The summed E-state index contributed by atoms with van der Waals surface area (Å²) in [6, 6.07) is 12.1. The number of hydrogen-bond donors (Lipinski definition) is 3. The molecule has 2 fully saturated rings. The number of benzene rings is 1. The van der Waals surface area contributed by atoms with Crippen LogP contribution in [0.5, 0.6) is 0 Å². The fourth-order valence-corrected chi connectivity index (χ4v) is 3.56. The van der Waals surface area contributed by atoms with Crippen LogP contribution in [0.4, 0.5) is 0 Å². The van der Waals surface area contributed by atoms with Crippen LogP contribution in [0.25, 0.3) is 0 Å². The fraction of sp³-hybridized carbons (Fsp3) is 0.350. The van der Waals surface area contributed by atoms with Crippen LogP contribution in [0, 0.1) is 11.8 Å². The Kier molecular flexibility index (Phi) is 4.63. The third kappa shape index (κ3) is 3.43. The predicted octanol–water partition coefficient (Wildman–Crippen LogP) is 0.897. The van der Waals surface area contributed by atoms with Gasteiger partial charge in [0.05, 0.1) is 18.9 Å². The van der Waals surface area contributed by atoms with Gasteiger partial charge in [-0.1, -0.05) is 30.3 Å². The molecule has 4 rings (SSSR count). The van der Waals surface area contributed by atoms with Gasteiger partial charge in [0.1, 0.15) is 11.8 Å². The van der Waals surface area contributed by atoms with Crippen LogP contribution < -0.4 is 10.6 Å². The van der Waals surface area contributed by atoms with Crippen LogP contribution in [0.15, 0.2) is 42.5 Å². The van der Waals surface area contributed by atoms with E-state index in [9.17, 15) is 14.7 Å². The molecule has 1 saturated carbocycles. The van der Waals surface area contributed by atoms with E-state index >= 15 is 0 Å². The molecule has 2 heterocycles. The Balaban J connectivity index is 1.62. The van der Waals surface area contributed by atoms with E-state index in [-0.39, 0.29) is 23.3 Å². The maximum atomic E-state index is 12.7. The van der Waals surface area contributed by atoms with Crippen LogP contribution in [-0.4, -0.2) is 48.2 Å². The number of carbonyl (C=O) groups is 2. The molecule has 7 heteroatoms. The Bertz CT molecular complexity index is 861. The molecule has 2 aliphatic rings. The number of carbonyl (C=O) groups excluding carboxylic acids is 2. The predicted molar refractivity (Wildman–Crippen MR) is 97.2 cm³/mol. The number of nitrogens with zero attached hydrogens (tertiary/aromatic N) is 1. The zero-order valence-corrected chi connectivity index (χ0v) is 14.9. The van der Waals surface area contributed by atoms with Crippen LogP contribution in [-0.2, 0) is 4.74 Å². The van der Waals surface area contributed by atoms with E-state index in [2.05, 4.69) is 15.6 Å². The van der Waals surface area contributed by atoms with Crippen molar-refractivity contribution in [1.82, 2.24) is 15.6 Å². The van der Waals surface area contributed by atoms with E-state index in [1.54, 1.807) is 12.1 Å². The van der Waals surface area contributed by atoms with Gasteiger partial charge in [-0.2, -0.15) is 0 Å². The van der Waals surface area contributed by atoms with Crippen LogP contribution in [0.2, 0.25) is 0 Å². The Labute approximate surface area is 156 Å². The summed E-state index contributed by atoms with van der Waals surface area (Å²) in [6.45, 7) is 1.35. The Hall–Kier alpha value is -2.77. The van der Waals surface area contributed by atoms with E-state index < -0.39 is 12.0 Å². The van der Waals surface area contributed by atoms with E-state index in [0.717, 1.165) is 0 Å². The molecular weight excluding hydrogens is 346 g/mol. The number of nitrogens with one attached hydrogen (secondary N) is 2. The van der Waals surface area contributed by atoms with Gasteiger partial charge in [-0.25, -0.2) is 4.98 Å². The second-order valence-corrected chi connectivity index (χ2v) is 6.92. The zero-order valence-electron chi connectivity index (χ0n) is 14.9. The number of pyridine rings is 1. The first-order valence-electron chi connectivity index (χ1n) is 8.94. The summed E-state index contributed by atoms with van der Waals surface area (Å²) in [5, 5.41) is 16.2. The molecule has 2 aromatic rings. The van der Waals surface area contributed by atoms with E-state index in [0.29, 0.717) is 36.2 Å². The molecule has 7 nitrogen and oxygen atoms in total. The summed E-state index contributed by atoms with van der Waals surface area (Å²) in [5.41, 5.74) is 1.29. The lowest BCUT2D eigenvalue weighted by atomic mass is 10.0. The molecule has 3 N–H and O–H groups in total. The topological polar surface area (TPSA) is 101 Å². The van der Waals surface area contributed by atoms with Crippen molar-refractivity contribution in [3.05, 3.63) is 65.0 Å². The van der Waals surface area contributed by atoms with Crippen LogP contribution in [0.3, 0.4) is 0 Å². The van der Waals surface area contributed by atoms with Crippen molar-refractivity contribution >= 4 is 11.8 Å². The molecule has 0 radical (unpaired) electrons. The van der Waals surface area contributed by atoms with Gasteiger partial charge < -0.3 is 20.5 Å². The first-order chi connectivity index (χ1) is 13.1. The minimum Gasteiger partial charge on any atom is -0.382 e. The maximum Gasteiger partial charge on any atom is 0.269 e. The van der Waals surface area contributed by atoms with Crippen molar-refractivity contribution in [3.63, 3.8) is 0 Å². The van der Waals surface area contributed by atoms with E-state index in [4.69, 9.17) is 4.74 Å². The molecule has 1 aliphatic heterocycles. The summed E-state index contributed by atoms with van der Waals surface area (Å²) < 4.78 is 5.34. The number of ether oxygens (including phenoxy) is 1. The van der Waals surface area contributed by atoms with E-state index in [1.807, 2.05) is 18.2 Å². The quantitative estimate of drug-likeness (QED) is 0.729. The molecule has 1 aromatic heterocycles. The molecule has 0 spiro atoms. The first-order valence-corrected chi connectivity index (χ1v) is 8.94. The highest BCUT2D eigenvalue weighted by Gasteiger charge is 2.54. The molecule has 1 unspecified atom stereocenters. The average molecular weight is 367 g/mol. The van der Waals surface area contributed by atoms with Gasteiger partial charge in [0.15, 0.2) is 0 Å². The number of aromatic nitrogens is 1. The summed E-state index contributed by atoms with van der Waals surface area (Å²) in [5.74, 6) is 0.0680. The minimum atomic E-state index is -1.03. The normalized spacial score (nSPS) is 24.0. The lowest BCUT2D eigenvalue weighted by Crippen LogP contribution is -2.31. The summed E-state index contributed by atoms with van der Waals surface area (Å²) >= 11 is 0. The van der Waals surface area contributed by atoms with Crippen molar-refractivity contribution in [1.29, 1.82) is 0 Å². The minimum absolute atomic E-state index is 0.0921. The van der Waals surface area contributed by atoms with Gasteiger partial charge in [-0.15, -0.1) is 0 Å². The zero-order chi connectivity index (χ0) is 19.0. The third-order valence-corrected chi connectivity index (χ3v) is 5.21. The second kappa shape index (κ2) is 7.09. The van der Waals surface area contributed by atoms with Gasteiger partial charge in [-0.05, 0) is 17.7 Å². The van der Waals surface area contributed by atoms with Crippen molar-refractivity contribution in [2.75, 3.05) is 20.3 Å². The van der Waals surface area contributed by atoms with Crippen molar-refractivity contribution in [3.8, 4) is 0 Å². The number of rotatable bonds is 5. The first kappa shape index (κ1) is 17.6. The fourth-order valence-electron chi connectivity index (χ4n) is 3.56. The standard InChI is InChI=1S/C20H21N3O4/c1-21-20(26)16-8-12(19(25)23-17-13-9-27-10-14(13)17)7-15(22-16)18(24)11-5-3-2-4-6-11/h2-8,13-14,17-18,24H,9-10H2,1H3,(H,21,26)(H,23,25)/t13-,14+,17+,18?. The van der Waals surface area contributed by atoms with Crippen LogP contribution >= 0.6 is 0 Å². The van der Waals surface area contributed by atoms with Gasteiger partial charge in [0.25, 0.3) is 11.8 Å². The van der Waals surface area contributed by atoms with Gasteiger partial charge >= 0.3 is 0 Å². The SMILES string of the molecule is CNC(=O)c1cc(C(=O)N[C@H]2[C@@H]3COC[C@@H]32)cc(C(O)c2ccccc2)n1. The molecule has 140 valence electrons. The second-order valence-electron chi connectivity index (χ2n) is 6.92. The Morgan fingerprint density at radius 1 is 1.15 bits per heavy atom. The molecular formula is C20H21N3O4. The van der Waals surface area contributed by atoms with Gasteiger partial charge in [0.2, 0.25) is 0 Å². The number of hydrogen-bond acceptors (Lipinski definition) is 5. The maximum absolute atomic E-state index is 12.7. The van der Waals surface area contributed by atoms with Gasteiger partial charge in [0, 0.05) is 30.5 Å². The summed E-state index contributed by atoms with van der Waals surface area (Å²) in [7, 11) is 1.50. The van der Waals surface area contributed by atoms with Crippen LogP contribution in [0.1, 0.15) is 38.2 Å². The lowest BCUT2D eigenvalue weighted by molar-refractivity contribution is 0.0928. The van der Waals surface area contributed by atoms with E-state index in [1.165, 1.54) is 19.2 Å². The molecule has 1 aliphatic carbocycles. The molecule has 4 atom stereocenters. The third-order valence-electron chi connectivity index (χ3n) is 5.21. The number of fused-ring (bicyclic) bond motifs is 1. The van der Waals surface area contributed by atoms with Gasteiger partial charge in [-0.3, -0.25) is 9.59 Å².